The van der Waals surface area contributed by atoms with Crippen LogP contribution in [0.4, 0.5) is 0 Å². The van der Waals surface area contributed by atoms with Crippen LogP contribution in [0.25, 0.3) is 10.2 Å². The molecule has 126 valence electrons. The van der Waals surface area contributed by atoms with Gasteiger partial charge in [-0.1, -0.05) is 0 Å². The summed E-state index contributed by atoms with van der Waals surface area (Å²) in [6.45, 7) is 9.99. The van der Waals surface area contributed by atoms with Gasteiger partial charge in [0.2, 0.25) is 0 Å². The van der Waals surface area contributed by atoms with E-state index in [1.807, 2.05) is 0 Å². The Balaban J connectivity index is 2.72. The van der Waals surface area contributed by atoms with Crippen molar-refractivity contribution in [1.29, 1.82) is 0 Å². The fourth-order valence-corrected chi connectivity index (χ4v) is 3.79. The fourth-order valence-electron chi connectivity index (χ4n) is 2.19. The summed E-state index contributed by atoms with van der Waals surface area (Å²) in [5.41, 5.74) is -2.53. The molecule has 0 fully saturated rings. The van der Waals surface area contributed by atoms with Gasteiger partial charge in [0.1, 0.15) is 16.0 Å². The molecule has 0 aliphatic carbocycles. The number of aryl methyl sites for hydroxylation is 1. The van der Waals surface area contributed by atoms with E-state index in [1.165, 1.54) is 25.2 Å². The number of rotatable bonds is 2. The molecular weight excluding hydrogens is 384 g/mol. The number of carbonyl (C=O) groups is 1. The van der Waals surface area contributed by atoms with Crippen LogP contribution in [0, 0.1) is 6.92 Å². The van der Waals surface area contributed by atoms with E-state index in [1.54, 1.807) is 27.7 Å². The van der Waals surface area contributed by atoms with Crippen LogP contribution in [0.5, 0.6) is 0 Å². The van der Waals surface area contributed by atoms with Gasteiger partial charge in [-0.25, -0.2) is 14.2 Å². The van der Waals surface area contributed by atoms with Crippen LogP contribution >= 0.6 is 27.3 Å². The topological polar surface area (TPSA) is 81.2 Å². The maximum atomic E-state index is 12.8. The van der Waals surface area contributed by atoms with Gasteiger partial charge >= 0.3 is 11.7 Å². The van der Waals surface area contributed by atoms with Crippen molar-refractivity contribution in [3.05, 3.63) is 30.2 Å². The highest BCUT2D eigenvalue weighted by Crippen LogP contribution is 2.31. The standard InChI is InChI=1S/C15H19BrN2O4S/c1-7-8-10(23-9(7)16)17-13(21)18(11(8)19)15(5,6)12(20)22-14(2,3)4/h1-6H3,(H,17,21). The Morgan fingerprint density at radius 2 is 1.78 bits per heavy atom. The van der Waals surface area contributed by atoms with Crippen LogP contribution in [0.15, 0.2) is 13.4 Å². The van der Waals surface area contributed by atoms with Crippen LogP contribution in [0.1, 0.15) is 40.2 Å². The predicted molar refractivity (Wildman–Crippen MR) is 94.3 cm³/mol. The molecule has 1 N–H and O–H groups in total. The maximum Gasteiger partial charge on any atom is 0.332 e. The lowest BCUT2D eigenvalue weighted by Crippen LogP contribution is -2.52. The van der Waals surface area contributed by atoms with E-state index in [2.05, 4.69) is 20.9 Å². The van der Waals surface area contributed by atoms with Crippen molar-refractivity contribution in [3.8, 4) is 0 Å². The number of ether oxygens (including phenoxy) is 1. The SMILES string of the molecule is Cc1c(Br)sc2[nH]c(=O)n(C(C)(C)C(=O)OC(C)(C)C)c(=O)c12. The average molecular weight is 403 g/mol. The zero-order valence-corrected chi connectivity index (χ0v) is 16.3. The third-order valence-corrected chi connectivity index (χ3v) is 5.46. The summed E-state index contributed by atoms with van der Waals surface area (Å²) in [6, 6.07) is 0. The van der Waals surface area contributed by atoms with E-state index < -0.39 is 28.4 Å². The van der Waals surface area contributed by atoms with E-state index in [0.29, 0.717) is 10.2 Å². The number of aromatic amines is 1. The molecule has 0 aliphatic rings. The molecule has 2 heterocycles. The summed E-state index contributed by atoms with van der Waals surface area (Å²) in [5.74, 6) is -0.635. The monoisotopic (exact) mass is 402 g/mol. The van der Waals surface area contributed by atoms with Crippen molar-refractivity contribution in [2.24, 2.45) is 0 Å². The normalized spacial score (nSPS) is 12.7. The van der Waals surface area contributed by atoms with Gasteiger partial charge in [-0.2, -0.15) is 0 Å². The van der Waals surface area contributed by atoms with Crippen LogP contribution in [-0.4, -0.2) is 21.1 Å². The molecular formula is C15H19BrN2O4S. The molecule has 2 aromatic heterocycles. The molecule has 0 aliphatic heterocycles. The van der Waals surface area contributed by atoms with Crippen LogP contribution < -0.4 is 11.2 Å². The summed E-state index contributed by atoms with van der Waals surface area (Å²) < 4.78 is 7.05. The maximum absolute atomic E-state index is 12.8. The van der Waals surface area contributed by atoms with Crippen molar-refractivity contribution in [2.45, 2.75) is 52.7 Å². The summed E-state index contributed by atoms with van der Waals surface area (Å²) in [5, 5.41) is 0.401. The van der Waals surface area contributed by atoms with E-state index in [0.717, 1.165) is 13.9 Å². The van der Waals surface area contributed by atoms with Gasteiger partial charge in [0.05, 0.1) is 9.17 Å². The van der Waals surface area contributed by atoms with Gasteiger partial charge in [0.25, 0.3) is 5.56 Å². The summed E-state index contributed by atoms with van der Waals surface area (Å²) >= 11 is 4.64. The van der Waals surface area contributed by atoms with E-state index >= 15 is 0 Å². The van der Waals surface area contributed by atoms with Gasteiger partial charge < -0.3 is 4.74 Å². The Kier molecular flexibility index (Phi) is 4.36. The molecule has 8 heteroatoms. The molecule has 0 radical (unpaired) electrons. The van der Waals surface area contributed by atoms with Gasteiger partial charge in [-0.05, 0) is 63.0 Å². The third-order valence-electron chi connectivity index (χ3n) is 3.39. The molecule has 0 amide bonds. The molecule has 6 nitrogen and oxygen atoms in total. The first-order valence-corrected chi connectivity index (χ1v) is 8.65. The minimum atomic E-state index is -1.42. The van der Waals surface area contributed by atoms with Gasteiger partial charge in [0, 0.05) is 0 Å². The Hall–Kier alpha value is -1.41. The minimum absolute atomic E-state index is 0.401. The molecule has 0 atom stereocenters. The van der Waals surface area contributed by atoms with Crippen molar-refractivity contribution < 1.29 is 9.53 Å². The van der Waals surface area contributed by atoms with Gasteiger partial charge in [-0.3, -0.25) is 9.78 Å². The number of hydrogen-bond acceptors (Lipinski definition) is 5. The summed E-state index contributed by atoms with van der Waals surface area (Å²) in [6.07, 6.45) is 0. The molecule has 0 spiro atoms. The third kappa shape index (κ3) is 3.14. The number of fused-ring (bicyclic) bond motifs is 1. The number of thiophene rings is 1. The first-order valence-electron chi connectivity index (χ1n) is 7.04. The second-order valence-electron chi connectivity index (χ2n) is 6.84. The number of halogens is 1. The Bertz CT molecular complexity index is 899. The first-order chi connectivity index (χ1) is 10.4. The number of aromatic nitrogens is 2. The Labute approximate surface area is 145 Å². The molecule has 0 saturated heterocycles. The zero-order valence-electron chi connectivity index (χ0n) is 13.9. The highest BCUT2D eigenvalue weighted by molar-refractivity contribution is 9.11. The zero-order chi connectivity index (χ0) is 17.7. The number of esters is 1. The highest BCUT2D eigenvalue weighted by Gasteiger charge is 2.37. The van der Waals surface area contributed by atoms with Crippen LogP contribution in [0.2, 0.25) is 0 Å². The lowest BCUT2D eigenvalue weighted by molar-refractivity contribution is -0.164. The Morgan fingerprint density at radius 1 is 1.22 bits per heavy atom. The number of carbonyl (C=O) groups excluding carboxylic acids is 1. The van der Waals surface area contributed by atoms with E-state index in [4.69, 9.17) is 4.74 Å². The molecule has 0 aromatic carbocycles. The van der Waals surface area contributed by atoms with E-state index in [9.17, 15) is 14.4 Å². The lowest BCUT2D eigenvalue weighted by Gasteiger charge is -2.29. The van der Waals surface area contributed by atoms with Crippen LogP contribution in [0.3, 0.4) is 0 Å². The average Bonchev–Trinajstić information content (AvgIpc) is 2.62. The van der Waals surface area contributed by atoms with Crippen molar-refractivity contribution in [2.75, 3.05) is 0 Å². The van der Waals surface area contributed by atoms with E-state index in [-0.39, 0.29) is 0 Å². The molecule has 2 aromatic rings. The molecule has 2 rings (SSSR count). The summed E-state index contributed by atoms with van der Waals surface area (Å²) in [7, 11) is 0. The number of hydrogen-bond donors (Lipinski definition) is 1. The summed E-state index contributed by atoms with van der Waals surface area (Å²) in [4.78, 5) is 40.8. The minimum Gasteiger partial charge on any atom is -0.458 e. The smallest absolute Gasteiger partial charge is 0.332 e. The number of nitrogens with zero attached hydrogens (tertiary/aromatic N) is 1. The lowest BCUT2D eigenvalue weighted by atomic mass is 10.0. The molecule has 0 bridgehead atoms. The highest BCUT2D eigenvalue weighted by atomic mass is 79.9. The molecule has 0 saturated carbocycles. The second kappa shape index (κ2) is 5.59. The Morgan fingerprint density at radius 3 is 2.30 bits per heavy atom. The quantitative estimate of drug-likeness (QED) is 0.782. The van der Waals surface area contributed by atoms with Gasteiger partial charge in [0.15, 0.2) is 0 Å². The van der Waals surface area contributed by atoms with Crippen LogP contribution in [-0.2, 0) is 15.1 Å². The van der Waals surface area contributed by atoms with Crippen molar-refractivity contribution in [1.82, 2.24) is 9.55 Å². The largest absolute Gasteiger partial charge is 0.458 e. The molecule has 23 heavy (non-hydrogen) atoms. The van der Waals surface area contributed by atoms with Gasteiger partial charge in [-0.15, -0.1) is 11.3 Å². The predicted octanol–water partition coefficient (Wildman–Crippen LogP) is 2.90. The number of nitrogens with one attached hydrogen (secondary N) is 1. The fraction of sp³-hybridized carbons (Fsp3) is 0.533. The van der Waals surface area contributed by atoms with Crippen molar-refractivity contribution >= 4 is 43.5 Å². The first kappa shape index (κ1) is 17.9. The van der Waals surface area contributed by atoms with Crippen molar-refractivity contribution in [3.63, 3.8) is 0 Å². The second-order valence-corrected chi connectivity index (χ2v) is 9.18. The number of H-pyrrole nitrogens is 1. The molecule has 0 unspecified atom stereocenters.